The highest BCUT2D eigenvalue weighted by Gasteiger charge is 2.33. The van der Waals surface area contributed by atoms with Crippen molar-refractivity contribution in [2.24, 2.45) is 0 Å². The molecule has 0 saturated carbocycles. The van der Waals surface area contributed by atoms with Gasteiger partial charge < -0.3 is 10.1 Å². The van der Waals surface area contributed by atoms with Gasteiger partial charge >= 0.3 is 0 Å². The molecule has 0 spiro atoms. The quantitative estimate of drug-likeness (QED) is 0.761. The number of benzene rings is 2. The second-order valence-corrected chi connectivity index (χ2v) is 8.28. The van der Waals surface area contributed by atoms with Crippen molar-refractivity contribution in [3.63, 3.8) is 0 Å². The lowest BCUT2D eigenvalue weighted by Gasteiger charge is -2.24. The van der Waals surface area contributed by atoms with Gasteiger partial charge in [0.25, 0.3) is 6.47 Å². The van der Waals surface area contributed by atoms with Crippen LogP contribution in [0.1, 0.15) is 50.8 Å². The summed E-state index contributed by atoms with van der Waals surface area (Å²) in [5, 5.41) is 3.55. The van der Waals surface area contributed by atoms with Gasteiger partial charge in [-0.2, -0.15) is 0 Å². The Morgan fingerprint density at radius 2 is 1.85 bits per heavy atom. The zero-order valence-electron chi connectivity index (χ0n) is 16.6. The van der Waals surface area contributed by atoms with Crippen molar-refractivity contribution in [2.75, 3.05) is 11.9 Å². The molecule has 0 bridgehead atoms. The number of fused-ring (bicyclic) bond motifs is 1. The Labute approximate surface area is 157 Å². The molecule has 1 unspecified atom stereocenters. The van der Waals surface area contributed by atoms with Gasteiger partial charge in [-0.05, 0) is 57.7 Å². The van der Waals surface area contributed by atoms with Crippen LogP contribution in [0.4, 0.5) is 5.69 Å². The van der Waals surface area contributed by atoms with Gasteiger partial charge in [0.1, 0.15) is 5.60 Å². The lowest BCUT2D eigenvalue weighted by molar-refractivity contribution is -0.138. The zero-order valence-corrected chi connectivity index (χ0v) is 16.6. The smallest absolute Gasteiger partial charge is 0.293 e. The summed E-state index contributed by atoms with van der Waals surface area (Å²) in [4.78, 5) is 9.60. The van der Waals surface area contributed by atoms with E-state index in [2.05, 4.69) is 72.4 Å². The summed E-state index contributed by atoms with van der Waals surface area (Å²) in [7, 11) is 0. The van der Waals surface area contributed by atoms with E-state index in [1.807, 2.05) is 20.8 Å². The Morgan fingerprint density at radius 3 is 2.42 bits per heavy atom. The fourth-order valence-electron chi connectivity index (χ4n) is 3.13. The van der Waals surface area contributed by atoms with Gasteiger partial charge in [0.15, 0.2) is 0 Å². The van der Waals surface area contributed by atoms with Crippen molar-refractivity contribution in [2.45, 2.75) is 58.5 Å². The molecule has 0 amide bonds. The van der Waals surface area contributed by atoms with E-state index < -0.39 is 0 Å². The van der Waals surface area contributed by atoms with Crippen LogP contribution in [0.5, 0.6) is 0 Å². The van der Waals surface area contributed by atoms with E-state index >= 15 is 0 Å². The van der Waals surface area contributed by atoms with E-state index in [1.165, 1.54) is 28.8 Å². The number of ether oxygens (including phenoxy) is 1. The first-order valence-corrected chi connectivity index (χ1v) is 9.24. The first kappa shape index (κ1) is 20.0. The molecule has 0 fully saturated rings. The number of anilines is 1. The Bertz CT molecular complexity index is 719. The van der Waals surface area contributed by atoms with E-state index in [0.717, 1.165) is 13.0 Å². The molecular formula is C23H31NO2. The first-order chi connectivity index (χ1) is 12.2. The minimum atomic E-state index is -0.318. The highest BCUT2D eigenvalue weighted by molar-refractivity contribution is 5.61. The molecule has 1 atom stereocenters. The number of aryl methyl sites for hydroxylation is 2. The molecule has 0 radical (unpaired) electrons. The van der Waals surface area contributed by atoms with Crippen LogP contribution in [0.2, 0.25) is 0 Å². The molecule has 140 valence electrons. The molecule has 3 nitrogen and oxygen atoms in total. The van der Waals surface area contributed by atoms with E-state index in [0.29, 0.717) is 6.47 Å². The van der Waals surface area contributed by atoms with Crippen molar-refractivity contribution in [3.8, 4) is 0 Å². The van der Waals surface area contributed by atoms with Crippen LogP contribution in [0.25, 0.3) is 0 Å². The molecule has 2 aromatic rings. The summed E-state index contributed by atoms with van der Waals surface area (Å²) in [6, 6.07) is 17.5. The molecule has 26 heavy (non-hydrogen) atoms. The van der Waals surface area contributed by atoms with Crippen molar-refractivity contribution in [3.05, 3.63) is 65.2 Å². The van der Waals surface area contributed by atoms with E-state index in [-0.39, 0.29) is 11.0 Å². The predicted molar refractivity (Wildman–Crippen MR) is 109 cm³/mol. The van der Waals surface area contributed by atoms with Crippen molar-refractivity contribution >= 4 is 12.2 Å². The average molecular weight is 354 g/mol. The third-order valence-corrected chi connectivity index (χ3v) is 4.70. The summed E-state index contributed by atoms with van der Waals surface area (Å²) in [6.07, 6.45) is 2.34. The molecular weight excluding hydrogens is 322 g/mol. The van der Waals surface area contributed by atoms with Gasteiger partial charge in [-0.1, -0.05) is 55.0 Å². The highest BCUT2D eigenvalue weighted by atomic mass is 16.5. The number of carbonyl (C=O) groups excluding carboxylic acids is 1. The Morgan fingerprint density at radius 1 is 1.15 bits per heavy atom. The molecule has 2 aromatic carbocycles. The van der Waals surface area contributed by atoms with Crippen molar-refractivity contribution in [1.29, 1.82) is 0 Å². The zero-order chi connectivity index (χ0) is 19.2. The van der Waals surface area contributed by atoms with Crippen LogP contribution in [0.15, 0.2) is 48.5 Å². The number of nitrogens with one attached hydrogen (secondary N) is 1. The highest BCUT2D eigenvalue weighted by Crippen LogP contribution is 2.40. The second-order valence-electron chi connectivity index (χ2n) is 8.28. The van der Waals surface area contributed by atoms with Crippen LogP contribution >= 0.6 is 0 Å². The fraction of sp³-hybridized carbons (Fsp3) is 0.435. The minimum Gasteiger partial charge on any atom is -0.462 e. The Kier molecular flexibility index (Phi) is 6.47. The topological polar surface area (TPSA) is 38.3 Å². The van der Waals surface area contributed by atoms with Crippen LogP contribution in [0.3, 0.4) is 0 Å². The SMILES string of the molecule is CC(C)(C)OC=O.Cc1ccc2c(c1)C(C)(CCc1ccccc1)CN2. The van der Waals surface area contributed by atoms with Gasteiger partial charge in [-0.25, -0.2) is 0 Å². The molecule has 1 heterocycles. The maximum absolute atomic E-state index is 9.60. The predicted octanol–water partition coefficient (Wildman–Crippen LogP) is 5.27. The van der Waals surface area contributed by atoms with Gasteiger partial charge in [0, 0.05) is 17.6 Å². The summed E-state index contributed by atoms with van der Waals surface area (Å²) >= 11 is 0. The molecule has 1 N–H and O–H groups in total. The number of hydrogen-bond acceptors (Lipinski definition) is 3. The molecule has 1 aliphatic heterocycles. The molecule has 0 aromatic heterocycles. The van der Waals surface area contributed by atoms with E-state index in [9.17, 15) is 4.79 Å². The van der Waals surface area contributed by atoms with Crippen LogP contribution in [-0.4, -0.2) is 18.6 Å². The minimum absolute atomic E-state index is 0.261. The standard InChI is InChI=1S/C18H21N.C5H10O2/c1-14-8-9-17-16(12-14)18(2,13-19-17)11-10-15-6-4-3-5-7-15;1-5(2,3)7-4-6/h3-9,12,19H,10-11,13H2,1-2H3;4H,1-3H3. The van der Waals surface area contributed by atoms with Gasteiger partial charge in [-0.3, -0.25) is 4.79 Å². The second kappa shape index (κ2) is 8.39. The first-order valence-electron chi connectivity index (χ1n) is 9.24. The molecule has 0 aliphatic carbocycles. The van der Waals surface area contributed by atoms with Crippen LogP contribution < -0.4 is 5.32 Å². The van der Waals surface area contributed by atoms with Crippen molar-refractivity contribution in [1.82, 2.24) is 0 Å². The molecule has 1 aliphatic rings. The average Bonchev–Trinajstić information content (AvgIpc) is 2.91. The largest absolute Gasteiger partial charge is 0.462 e. The molecule has 3 heteroatoms. The van der Waals surface area contributed by atoms with Crippen molar-refractivity contribution < 1.29 is 9.53 Å². The summed E-state index contributed by atoms with van der Waals surface area (Å²) in [5.41, 5.74) is 5.54. The monoisotopic (exact) mass is 353 g/mol. The number of rotatable bonds is 4. The lowest BCUT2D eigenvalue weighted by Crippen LogP contribution is -2.25. The summed E-state index contributed by atoms with van der Waals surface area (Å²) in [5.74, 6) is 0. The van der Waals surface area contributed by atoms with Crippen LogP contribution in [0, 0.1) is 6.92 Å². The normalized spacial score (nSPS) is 18.2. The van der Waals surface area contributed by atoms with Gasteiger partial charge in [-0.15, -0.1) is 0 Å². The maximum Gasteiger partial charge on any atom is 0.293 e. The van der Waals surface area contributed by atoms with E-state index in [4.69, 9.17) is 0 Å². The van der Waals surface area contributed by atoms with Crippen LogP contribution in [-0.2, 0) is 21.4 Å². The Hall–Kier alpha value is -2.29. The fourth-order valence-corrected chi connectivity index (χ4v) is 3.13. The van der Waals surface area contributed by atoms with Gasteiger partial charge in [0.2, 0.25) is 0 Å². The molecule has 0 saturated heterocycles. The number of carbonyl (C=O) groups is 1. The molecule has 3 rings (SSSR count). The van der Waals surface area contributed by atoms with Gasteiger partial charge in [0.05, 0.1) is 0 Å². The maximum atomic E-state index is 9.60. The summed E-state index contributed by atoms with van der Waals surface area (Å²) < 4.78 is 4.55. The third-order valence-electron chi connectivity index (χ3n) is 4.70. The van der Waals surface area contributed by atoms with E-state index in [1.54, 1.807) is 0 Å². The Balaban J connectivity index is 0.000000298. The number of hydrogen-bond donors (Lipinski definition) is 1. The third kappa shape index (κ3) is 5.62. The summed E-state index contributed by atoms with van der Waals surface area (Å²) in [6.45, 7) is 11.5. The lowest BCUT2D eigenvalue weighted by atomic mass is 9.79.